The van der Waals surface area contributed by atoms with E-state index >= 15 is 0 Å². The molecule has 0 bridgehead atoms. The predicted molar refractivity (Wildman–Crippen MR) is 52.2 cm³/mol. The molecule has 0 N–H and O–H groups in total. The van der Waals surface area contributed by atoms with Crippen LogP contribution in [0.15, 0.2) is 30.3 Å². The van der Waals surface area contributed by atoms with Crippen molar-refractivity contribution in [2.75, 3.05) is 6.54 Å². The second kappa shape index (κ2) is 7.26. The third-order valence-electron chi connectivity index (χ3n) is 1.42. The Morgan fingerprint density at radius 3 is 2.64 bits per heavy atom. The maximum absolute atomic E-state index is 4.35. The fraction of sp³-hybridized carbons (Fsp3) is 0.500. The van der Waals surface area contributed by atoms with E-state index in [1.165, 1.54) is 6.42 Å². The molecular weight excluding hydrogens is 134 g/mol. The standard InChI is InChI=1S/C10H17N/c1-4-7-9-11-10(6-3)8-5-2/h5-6H,2-4,7-9H2,1H3. The second-order valence-electron chi connectivity index (χ2n) is 2.42. The Balaban J connectivity index is 3.70. The summed E-state index contributed by atoms with van der Waals surface area (Å²) in [6, 6.07) is 0. The Morgan fingerprint density at radius 1 is 1.45 bits per heavy atom. The summed E-state index contributed by atoms with van der Waals surface area (Å²) in [4.78, 5) is 4.35. The lowest BCUT2D eigenvalue weighted by Crippen LogP contribution is -1.92. The average molecular weight is 151 g/mol. The molecule has 0 aromatic rings. The van der Waals surface area contributed by atoms with E-state index in [0.717, 1.165) is 25.1 Å². The molecule has 0 aliphatic carbocycles. The molecule has 0 saturated carbocycles. The highest BCUT2D eigenvalue weighted by molar-refractivity contribution is 5.95. The number of hydrogen-bond donors (Lipinski definition) is 0. The molecule has 0 atom stereocenters. The van der Waals surface area contributed by atoms with Crippen LogP contribution in [-0.4, -0.2) is 12.3 Å². The normalized spacial score (nSPS) is 11.2. The van der Waals surface area contributed by atoms with Gasteiger partial charge < -0.3 is 0 Å². The number of hydrogen-bond acceptors (Lipinski definition) is 1. The van der Waals surface area contributed by atoms with Gasteiger partial charge in [0.05, 0.1) is 0 Å². The van der Waals surface area contributed by atoms with Gasteiger partial charge in [-0.15, -0.1) is 6.58 Å². The van der Waals surface area contributed by atoms with Crippen molar-refractivity contribution in [1.29, 1.82) is 0 Å². The number of aliphatic imine (C=N–C) groups is 1. The molecule has 0 aliphatic rings. The van der Waals surface area contributed by atoms with Crippen molar-refractivity contribution in [2.24, 2.45) is 4.99 Å². The van der Waals surface area contributed by atoms with E-state index in [9.17, 15) is 0 Å². The van der Waals surface area contributed by atoms with Crippen molar-refractivity contribution in [1.82, 2.24) is 0 Å². The molecule has 0 aromatic carbocycles. The lowest BCUT2D eigenvalue weighted by atomic mass is 10.2. The fourth-order valence-electron chi connectivity index (χ4n) is 0.741. The summed E-state index contributed by atoms with van der Waals surface area (Å²) in [6.07, 6.45) is 6.85. The van der Waals surface area contributed by atoms with Gasteiger partial charge in [0.15, 0.2) is 0 Å². The topological polar surface area (TPSA) is 12.4 Å². The van der Waals surface area contributed by atoms with Gasteiger partial charge in [-0.05, 0) is 12.5 Å². The minimum absolute atomic E-state index is 0.840. The van der Waals surface area contributed by atoms with Crippen LogP contribution in [-0.2, 0) is 0 Å². The van der Waals surface area contributed by atoms with Crippen molar-refractivity contribution in [3.8, 4) is 0 Å². The Morgan fingerprint density at radius 2 is 2.18 bits per heavy atom. The number of rotatable bonds is 6. The monoisotopic (exact) mass is 151 g/mol. The molecule has 1 heteroatoms. The number of unbranched alkanes of at least 4 members (excludes halogenated alkanes) is 1. The Labute approximate surface area is 69.5 Å². The predicted octanol–water partition coefficient (Wildman–Crippen LogP) is 2.99. The molecule has 0 heterocycles. The van der Waals surface area contributed by atoms with Gasteiger partial charge in [-0.1, -0.05) is 26.0 Å². The van der Waals surface area contributed by atoms with E-state index in [2.05, 4.69) is 25.1 Å². The van der Waals surface area contributed by atoms with Gasteiger partial charge in [0.1, 0.15) is 0 Å². The quantitative estimate of drug-likeness (QED) is 0.314. The molecule has 0 radical (unpaired) electrons. The molecule has 62 valence electrons. The van der Waals surface area contributed by atoms with Crippen LogP contribution >= 0.6 is 0 Å². The molecule has 1 nitrogen and oxygen atoms in total. The van der Waals surface area contributed by atoms with Gasteiger partial charge in [-0.3, -0.25) is 4.99 Å². The molecule has 0 spiro atoms. The molecule has 0 aliphatic heterocycles. The minimum atomic E-state index is 0.840. The summed E-state index contributed by atoms with van der Waals surface area (Å²) >= 11 is 0. The van der Waals surface area contributed by atoms with Gasteiger partial charge in [0.25, 0.3) is 0 Å². The van der Waals surface area contributed by atoms with Crippen LogP contribution in [0.1, 0.15) is 26.2 Å². The van der Waals surface area contributed by atoms with Crippen LogP contribution in [0, 0.1) is 0 Å². The fourth-order valence-corrected chi connectivity index (χ4v) is 0.741. The summed E-state index contributed by atoms with van der Waals surface area (Å²) in [5, 5.41) is 0. The highest BCUT2D eigenvalue weighted by Gasteiger charge is 1.87. The number of nitrogens with zero attached hydrogens (tertiary/aromatic N) is 1. The van der Waals surface area contributed by atoms with Crippen molar-refractivity contribution in [3.63, 3.8) is 0 Å². The van der Waals surface area contributed by atoms with Crippen LogP contribution in [0.25, 0.3) is 0 Å². The highest BCUT2D eigenvalue weighted by atomic mass is 14.7. The van der Waals surface area contributed by atoms with Crippen LogP contribution < -0.4 is 0 Å². The largest absolute Gasteiger partial charge is 0.289 e. The first-order valence-electron chi connectivity index (χ1n) is 4.11. The Kier molecular flexibility index (Phi) is 6.70. The van der Waals surface area contributed by atoms with E-state index < -0.39 is 0 Å². The molecule has 0 aromatic heterocycles. The molecule has 0 rings (SSSR count). The van der Waals surface area contributed by atoms with Crippen molar-refractivity contribution in [3.05, 3.63) is 25.3 Å². The maximum atomic E-state index is 4.35. The summed E-state index contributed by atoms with van der Waals surface area (Å²) < 4.78 is 0. The maximum Gasteiger partial charge on any atom is 0.0392 e. The average Bonchev–Trinajstić information content (AvgIpc) is 2.03. The smallest absolute Gasteiger partial charge is 0.0392 e. The van der Waals surface area contributed by atoms with Crippen LogP contribution in [0.3, 0.4) is 0 Å². The summed E-state index contributed by atoms with van der Waals surface area (Å²) in [6.45, 7) is 10.4. The molecule has 0 unspecified atom stereocenters. The molecule has 0 fully saturated rings. The van der Waals surface area contributed by atoms with Crippen LogP contribution in [0.5, 0.6) is 0 Å². The first kappa shape index (κ1) is 10.2. The summed E-state index contributed by atoms with van der Waals surface area (Å²) in [5.41, 5.74) is 1.05. The van der Waals surface area contributed by atoms with Crippen LogP contribution in [0.2, 0.25) is 0 Å². The zero-order valence-corrected chi connectivity index (χ0v) is 7.34. The van der Waals surface area contributed by atoms with E-state index in [0.29, 0.717) is 0 Å². The van der Waals surface area contributed by atoms with Gasteiger partial charge in [-0.2, -0.15) is 0 Å². The lowest BCUT2D eigenvalue weighted by molar-refractivity contribution is 0.807. The molecule has 0 saturated heterocycles. The summed E-state index contributed by atoms with van der Waals surface area (Å²) in [7, 11) is 0. The SMILES string of the molecule is C=CCC(C=C)=NCCCC. The molecule has 11 heavy (non-hydrogen) atoms. The summed E-state index contributed by atoms with van der Waals surface area (Å²) in [5.74, 6) is 0. The first-order valence-corrected chi connectivity index (χ1v) is 4.11. The second-order valence-corrected chi connectivity index (χ2v) is 2.42. The van der Waals surface area contributed by atoms with Crippen molar-refractivity contribution < 1.29 is 0 Å². The first-order chi connectivity index (χ1) is 5.35. The molecule has 0 amide bonds. The highest BCUT2D eigenvalue weighted by Crippen LogP contribution is 1.93. The third-order valence-corrected chi connectivity index (χ3v) is 1.42. The minimum Gasteiger partial charge on any atom is -0.289 e. The van der Waals surface area contributed by atoms with E-state index in [1.807, 2.05) is 6.08 Å². The molecular formula is C10H17N. The van der Waals surface area contributed by atoms with Crippen molar-refractivity contribution in [2.45, 2.75) is 26.2 Å². The van der Waals surface area contributed by atoms with E-state index in [4.69, 9.17) is 0 Å². The van der Waals surface area contributed by atoms with Gasteiger partial charge in [-0.25, -0.2) is 0 Å². The van der Waals surface area contributed by atoms with Gasteiger partial charge in [0.2, 0.25) is 0 Å². The Hall–Kier alpha value is -0.850. The lowest BCUT2D eigenvalue weighted by Gasteiger charge is -1.95. The Bertz CT molecular complexity index is 145. The van der Waals surface area contributed by atoms with E-state index in [1.54, 1.807) is 6.08 Å². The number of allylic oxidation sites excluding steroid dienone is 2. The van der Waals surface area contributed by atoms with Crippen molar-refractivity contribution >= 4 is 5.71 Å². The van der Waals surface area contributed by atoms with Gasteiger partial charge >= 0.3 is 0 Å². The zero-order chi connectivity index (χ0) is 8.53. The third kappa shape index (κ3) is 5.59. The van der Waals surface area contributed by atoms with Gasteiger partial charge in [0, 0.05) is 18.7 Å². The zero-order valence-electron chi connectivity index (χ0n) is 7.34. The van der Waals surface area contributed by atoms with Crippen LogP contribution in [0.4, 0.5) is 0 Å². The van der Waals surface area contributed by atoms with E-state index in [-0.39, 0.29) is 0 Å².